The van der Waals surface area contributed by atoms with Gasteiger partial charge in [0.25, 0.3) is 0 Å². The van der Waals surface area contributed by atoms with E-state index in [-0.39, 0.29) is 6.04 Å². The summed E-state index contributed by atoms with van der Waals surface area (Å²) in [4.78, 5) is 13.7. The molecule has 1 amide bonds. The van der Waals surface area contributed by atoms with Gasteiger partial charge in [0.2, 0.25) is 5.91 Å². The molecule has 1 saturated heterocycles. The Morgan fingerprint density at radius 2 is 2.08 bits per heavy atom. The Hall–Kier alpha value is -0.570. The van der Waals surface area contributed by atoms with Crippen LogP contribution in [-0.4, -0.2) is 29.9 Å². The van der Waals surface area contributed by atoms with E-state index in [1.165, 1.54) is 6.42 Å². The fourth-order valence-corrected chi connectivity index (χ4v) is 2.09. The second kappa shape index (κ2) is 3.29. The average Bonchev–Trinajstić information content (AvgIpc) is 2.28. The fourth-order valence-electron chi connectivity index (χ4n) is 2.09. The second-order valence-electron chi connectivity index (χ2n) is 4.51. The van der Waals surface area contributed by atoms with Crippen molar-refractivity contribution >= 4 is 5.91 Å². The van der Waals surface area contributed by atoms with Crippen molar-refractivity contribution in [2.75, 3.05) is 13.1 Å². The number of hydrogen-bond acceptors (Lipinski definition) is 2. The molecule has 2 fully saturated rings. The zero-order chi connectivity index (χ0) is 9.42. The largest absolute Gasteiger partial charge is 0.341 e. The Labute approximate surface area is 79.3 Å². The molecule has 0 spiro atoms. The lowest BCUT2D eigenvalue weighted by molar-refractivity contribution is -0.137. The Morgan fingerprint density at radius 3 is 2.46 bits per heavy atom. The van der Waals surface area contributed by atoms with Crippen LogP contribution in [0.5, 0.6) is 0 Å². The maximum atomic E-state index is 11.8. The van der Waals surface area contributed by atoms with Gasteiger partial charge >= 0.3 is 0 Å². The van der Waals surface area contributed by atoms with E-state index >= 15 is 0 Å². The lowest BCUT2D eigenvalue weighted by Gasteiger charge is -2.29. The van der Waals surface area contributed by atoms with Gasteiger partial charge in [0, 0.05) is 25.0 Å². The lowest BCUT2D eigenvalue weighted by atomic mass is 9.84. The van der Waals surface area contributed by atoms with Crippen LogP contribution in [0.3, 0.4) is 0 Å². The number of carbonyl (C=O) groups is 1. The van der Waals surface area contributed by atoms with Crippen LogP contribution in [0.4, 0.5) is 0 Å². The van der Waals surface area contributed by atoms with Gasteiger partial charge in [-0.05, 0) is 18.8 Å². The summed E-state index contributed by atoms with van der Waals surface area (Å²) in [7, 11) is 0. The molecule has 1 aliphatic heterocycles. The van der Waals surface area contributed by atoms with Crippen molar-refractivity contribution in [1.82, 2.24) is 4.90 Å². The minimum absolute atomic E-state index is 0.198. The van der Waals surface area contributed by atoms with Crippen LogP contribution in [0.15, 0.2) is 0 Å². The first-order valence-electron chi connectivity index (χ1n) is 5.23. The zero-order valence-corrected chi connectivity index (χ0v) is 8.20. The maximum Gasteiger partial charge on any atom is 0.225 e. The van der Waals surface area contributed by atoms with E-state index in [4.69, 9.17) is 5.73 Å². The number of nitrogens with zero attached hydrogens (tertiary/aromatic N) is 1. The van der Waals surface area contributed by atoms with E-state index in [0.29, 0.717) is 17.7 Å². The number of amides is 1. The van der Waals surface area contributed by atoms with Crippen molar-refractivity contribution in [2.24, 2.45) is 17.6 Å². The van der Waals surface area contributed by atoms with Gasteiger partial charge in [-0.15, -0.1) is 0 Å². The quantitative estimate of drug-likeness (QED) is 0.645. The van der Waals surface area contributed by atoms with Crippen molar-refractivity contribution < 1.29 is 4.79 Å². The van der Waals surface area contributed by atoms with Crippen molar-refractivity contribution in [3.8, 4) is 0 Å². The number of rotatable bonds is 1. The normalized spacial score (nSPS) is 34.8. The minimum Gasteiger partial charge on any atom is -0.341 e. The second-order valence-corrected chi connectivity index (χ2v) is 4.51. The molecule has 0 aromatic carbocycles. The maximum absolute atomic E-state index is 11.8. The van der Waals surface area contributed by atoms with E-state index in [2.05, 4.69) is 6.92 Å². The average molecular weight is 182 g/mol. The summed E-state index contributed by atoms with van der Waals surface area (Å²) in [6.45, 7) is 3.77. The molecule has 3 nitrogen and oxygen atoms in total. The molecule has 3 heteroatoms. The number of hydrogen-bond donors (Lipinski definition) is 1. The van der Waals surface area contributed by atoms with Crippen LogP contribution in [0.25, 0.3) is 0 Å². The van der Waals surface area contributed by atoms with Gasteiger partial charge < -0.3 is 10.6 Å². The summed E-state index contributed by atoms with van der Waals surface area (Å²) in [6.07, 6.45) is 3.42. The van der Waals surface area contributed by atoms with Gasteiger partial charge in [0.1, 0.15) is 0 Å². The zero-order valence-electron chi connectivity index (χ0n) is 8.20. The summed E-state index contributed by atoms with van der Waals surface area (Å²) in [5.74, 6) is 1.16. The molecule has 2 N–H and O–H groups in total. The first-order chi connectivity index (χ1) is 6.18. The minimum atomic E-state index is 0.198. The highest BCUT2D eigenvalue weighted by molar-refractivity contribution is 5.80. The summed E-state index contributed by atoms with van der Waals surface area (Å²) in [5.41, 5.74) is 5.87. The fraction of sp³-hybridized carbons (Fsp3) is 0.900. The molecule has 2 atom stereocenters. The highest BCUT2D eigenvalue weighted by Crippen LogP contribution is 2.29. The van der Waals surface area contributed by atoms with E-state index in [0.717, 1.165) is 25.9 Å². The Bertz CT molecular complexity index is 203. The third-order valence-corrected chi connectivity index (χ3v) is 3.44. The molecule has 2 unspecified atom stereocenters. The van der Waals surface area contributed by atoms with Gasteiger partial charge in [-0.25, -0.2) is 0 Å². The molecule has 1 heterocycles. The number of carbonyl (C=O) groups excluding carboxylic acids is 1. The van der Waals surface area contributed by atoms with E-state index < -0.39 is 0 Å². The summed E-state index contributed by atoms with van der Waals surface area (Å²) in [6, 6.07) is 0.198. The van der Waals surface area contributed by atoms with Gasteiger partial charge in [0.05, 0.1) is 0 Å². The van der Waals surface area contributed by atoms with Crippen LogP contribution in [-0.2, 0) is 4.79 Å². The smallest absolute Gasteiger partial charge is 0.225 e. The molecule has 74 valence electrons. The highest BCUT2D eigenvalue weighted by atomic mass is 16.2. The summed E-state index contributed by atoms with van der Waals surface area (Å²) < 4.78 is 0. The van der Waals surface area contributed by atoms with Crippen molar-refractivity contribution in [3.05, 3.63) is 0 Å². The van der Waals surface area contributed by atoms with Crippen LogP contribution < -0.4 is 5.73 Å². The molecule has 0 aromatic heterocycles. The Kier molecular flexibility index (Phi) is 2.28. The predicted molar refractivity (Wildman–Crippen MR) is 51.1 cm³/mol. The SMILES string of the molecule is CC1CN(C(=O)C2CCC2)CC1N. The molecule has 2 rings (SSSR count). The Morgan fingerprint density at radius 1 is 1.38 bits per heavy atom. The third-order valence-electron chi connectivity index (χ3n) is 3.44. The van der Waals surface area contributed by atoms with Gasteiger partial charge in [-0.1, -0.05) is 13.3 Å². The van der Waals surface area contributed by atoms with Crippen molar-refractivity contribution in [3.63, 3.8) is 0 Å². The number of likely N-dealkylation sites (tertiary alicyclic amines) is 1. The lowest BCUT2D eigenvalue weighted by Crippen LogP contribution is -2.38. The molecule has 2 aliphatic rings. The van der Waals surface area contributed by atoms with Crippen LogP contribution in [0.2, 0.25) is 0 Å². The topological polar surface area (TPSA) is 46.3 Å². The summed E-state index contributed by atoms with van der Waals surface area (Å²) in [5, 5.41) is 0. The monoisotopic (exact) mass is 182 g/mol. The first kappa shape index (κ1) is 9.00. The van der Waals surface area contributed by atoms with E-state index in [1.54, 1.807) is 0 Å². The van der Waals surface area contributed by atoms with E-state index in [1.807, 2.05) is 4.90 Å². The van der Waals surface area contributed by atoms with Crippen molar-refractivity contribution in [1.29, 1.82) is 0 Å². The van der Waals surface area contributed by atoms with Gasteiger partial charge in [-0.3, -0.25) is 4.79 Å². The first-order valence-corrected chi connectivity index (χ1v) is 5.23. The summed E-state index contributed by atoms with van der Waals surface area (Å²) >= 11 is 0. The number of nitrogens with two attached hydrogens (primary N) is 1. The molecule has 1 aliphatic carbocycles. The Balaban J connectivity index is 1.91. The van der Waals surface area contributed by atoms with Crippen molar-refractivity contribution in [2.45, 2.75) is 32.2 Å². The van der Waals surface area contributed by atoms with Crippen LogP contribution >= 0.6 is 0 Å². The van der Waals surface area contributed by atoms with E-state index in [9.17, 15) is 4.79 Å². The molecule has 1 saturated carbocycles. The van der Waals surface area contributed by atoms with Gasteiger partial charge in [-0.2, -0.15) is 0 Å². The van der Waals surface area contributed by atoms with Crippen LogP contribution in [0.1, 0.15) is 26.2 Å². The molecule has 0 aromatic rings. The standard InChI is InChI=1S/C10H18N2O/c1-7-5-12(6-9(7)11)10(13)8-3-2-4-8/h7-9H,2-6,11H2,1H3. The van der Waals surface area contributed by atoms with Crippen LogP contribution in [0, 0.1) is 11.8 Å². The molecular weight excluding hydrogens is 164 g/mol. The molecule has 13 heavy (non-hydrogen) atoms. The molecular formula is C10H18N2O. The highest BCUT2D eigenvalue weighted by Gasteiger charge is 2.35. The predicted octanol–water partition coefficient (Wildman–Crippen LogP) is 0.592. The third kappa shape index (κ3) is 1.57. The molecule has 0 radical (unpaired) electrons. The molecule has 0 bridgehead atoms. The van der Waals surface area contributed by atoms with Gasteiger partial charge in [0.15, 0.2) is 0 Å².